The minimum absolute atomic E-state index is 0.00916. The van der Waals surface area contributed by atoms with Crippen LogP contribution in [0.2, 0.25) is 0 Å². The lowest BCUT2D eigenvalue weighted by Gasteiger charge is -2.69. The van der Waals surface area contributed by atoms with E-state index in [-0.39, 0.29) is 33.6 Å². The number of aldehydes is 1. The molecule has 4 rings (SSSR count). The molecule has 4 aliphatic rings. The second-order valence-electron chi connectivity index (χ2n) is 12.6. The highest BCUT2D eigenvalue weighted by atomic mass is 16.5. The van der Waals surface area contributed by atoms with Crippen LogP contribution in [0, 0.1) is 45.3 Å². The molecule has 0 spiro atoms. The van der Waals surface area contributed by atoms with Crippen LogP contribution < -0.4 is 0 Å². The Morgan fingerprint density at radius 3 is 2.30 bits per heavy atom. The van der Waals surface area contributed by atoms with Gasteiger partial charge in [-0.2, -0.15) is 0 Å². The first kappa shape index (κ1) is 24.5. The summed E-state index contributed by atoms with van der Waals surface area (Å²) in [7, 11) is 1.39. The lowest BCUT2D eigenvalue weighted by molar-refractivity contribution is -0.221. The minimum Gasteiger partial charge on any atom is -0.466 e. The Morgan fingerprint density at radius 2 is 1.67 bits per heavy atom. The number of hydrogen-bond acceptors (Lipinski definition) is 5. The summed E-state index contributed by atoms with van der Waals surface area (Å²) in [5, 5.41) is 0. The fourth-order valence-electron chi connectivity index (χ4n) is 9.50. The number of ether oxygens (including phenoxy) is 2. The van der Waals surface area contributed by atoms with Gasteiger partial charge in [-0.05, 0) is 78.9 Å². The van der Waals surface area contributed by atoms with Gasteiger partial charge in [0.05, 0.1) is 19.6 Å². The molecule has 5 heteroatoms. The first-order valence-corrected chi connectivity index (χ1v) is 12.8. The van der Waals surface area contributed by atoms with Crippen molar-refractivity contribution in [3.63, 3.8) is 0 Å². The van der Waals surface area contributed by atoms with Crippen molar-refractivity contribution in [3.8, 4) is 0 Å². The standard InChI is InChI=1S/C28H42O5/c1-18(30)33-17-28-13-7-12-25(2,3)21(28)10-15-27(5)22-9-8-19(24(31)32-6)20(16-29)26(22,4)14-11-23(27)28/h8,16,20-23H,7,9-15,17H2,1-6H3. The average molecular weight is 459 g/mol. The van der Waals surface area contributed by atoms with Gasteiger partial charge in [0.2, 0.25) is 0 Å². The molecule has 3 fully saturated rings. The van der Waals surface area contributed by atoms with E-state index in [0.717, 1.165) is 44.8 Å². The Hall–Kier alpha value is -1.65. The van der Waals surface area contributed by atoms with Crippen LogP contribution in [0.4, 0.5) is 0 Å². The van der Waals surface area contributed by atoms with Crippen molar-refractivity contribution in [2.45, 2.75) is 86.0 Å². The normalized spacial score (nSPS) is 43.8. The highest BCUT2D eigenvalue weighted by molar-refractivity contribution is 5.93. The van der Waals surface area contributed by atoms with E-state index in [4.69, 9.17) is 9.47 Å². The minimum atomic E-state index is -0.425. The van der Waals surface area contributed by atoms with E-state index in [1.807, 2.05) is 6.08 Å². The van der Waals surface area contributed by atoms with Gasteiger partial charge >= 0.3 is 11.9 Å². The maximum absolute atomic E-state index is 12.5. The molecule has 3 saturated carbocycles. The smallest absolute Gasteiger partial charge is 0.334 e. The molecule has 0 aliphatic heterocycles. The van der Waals surface area contributed by atoms with Crippen LogP contribution in [0.5, 0.6) is 0 Å². The number of carbonyl (C=O) groups excluding carboxylic acids is 3. The van der Waals surface area contributed by atoms with Gasteiger partial charge in [-0.15, -0.1) is 0 Å². The third-order valence-corrected chi connectivity index (χ3v) is 10.8. The third-order valence-electron chi connectivity index (χ3n) is 10.8. The predicted molar refractivity (Wildman–Crippen MR) is 126 cm³/mol. The van der Waals surface area contributed by atoms with Crippen LogP contribution in [0.1, 0.15) is 86.0 Å². The zero-order chi connectivity index (χ0) is 24.2. The Labute approximate surface area is 199 Å². The molecule has 33 heavy (non-hydrogen) atoms. The maximum Gasteiger partial charge on any atom is 0.334 e. The summed E-state index contributed by atoms with van der Waals surface area (Å²) >= 11 is 0. The third kappa shape index (κ3) is 3.51. The second kappa shape index (κ2) is 8.23. The largest absolute Gasteiger partial charge is 0.466 e. The molecule has 0 radical (unpaired) electrons. The monoisotopic (exact) mass is 458 g/mol. The van der Waals surface area contributed by atoms with Crippen molar-refractivity contribution in [3.05, 3.63) is 11.6 Å². The molecule has 0 heterocycles. The quantitative estimate of drug-likeness (QED) is 0.410. The lowest BCUT2D eigenvalue weighted by Crippen LogP contribution is -2.64. The van der Waals surface area contributed by atoms with Gasteiger partial charge in [0.25, 0.3) is 0 Å². The van der Waals surface area contributed by atoms with E-state index < -0.39 is 5.92 Å². The van der Waals surface area contributed by atoms with Gasteiger partial charge in [0.1, 0.15) is 6.29 Å². The number of esters is 2. The van der Waals surface area contributed by atoms with Crippen molar-refractivity contribution in [1.29, 1.82) is 0 Å². The highest BCUT2D eigenvalue weighted by Gasteiger charge is 2.67. The Morgan fingerprint density at radius 1 is 1.00 bits per heavy atom. The van der Waals surface area contributed by atoms with Gasteiger partial charge in [-0.1, -0.05) is 40.2 Å². The summed E-state index contributed by atoms with van der Waals surface area (Å²) in [6.45, 7) is 11.5. The molecule has 0 saturated heterocycles. The Kier molecular flexibility index (Phi) is 6.11. The van der Waals surface area contributed by atoms with E-state index in [9.17, 15) is 14.4 Å². The van der Waals surface area contributed by atoms with Gasteiger partial charge < -0.3 is 14.3 Å². The van der Waals surface area contributed by atoms with Crippen LogP contribution in [-0.2, 0) is 23.9 Å². The molecule has 0 aromatic heterocycles. The molecule has 0 N–H and O–H groups in total. The summed E-state index contributed by atoms with van der Waals surface area (Å²) in [5.74, 6) is 0.305. The SMILES string of the molecule is COC(=O)C1=CCC2C(C)(CCC3C2(C)CCC2C(C)(C)CCCC23COC(C)=O)C1C=O. The summed E-state index contributed by atoms with van der Waals surface area (Å²) in [4.78, 5) is 36.8. The highest BCUT2D eigenvalue weighted by Crippen LogP contribution is 2.73. The molecule has 4 aliphatic carbocycles. The first-order valence-electron chi connectivity index (χ1n) is 12.8. The van der Waals surface area contributed by atoms with Gasteiger partial charge in [0.15, 0.2) is 0 Å². The molecule has 7 unspecified atom stereocenters. The molecule has 0 aromatic rings. The summed E-state index contributed by atoms with van der Waals surface area (Å²) < 4.78 is 10.9. The van der Waals surface area contributed by atoms with Crippen molar-refractivity contribution in [2.24, 2.45) is 45.3 Å². The topological polar surface area (TPSA) is 69.7 Å². The molecule has 0 amide bonds. The number of rotatable bonds is 4. The van der Waals surface area contributed by atoms with E-state index in [2.05, 4.69) is 27.7 Å². The molecular formula is C28H42O5. The average Bonchev–Trinajstić information content (AvgIpc) is 2.75. The Bertz CT molecular complexity index is 858. The first-order chi connectivity index (χ1) is 15.5. The second-order valence-corrected chi connectivity index (χ2v) is 12.6. The molecular weight excluding hydrogens is 416 g/mol. The zero-order valence-corrected chi connectivity index (χ0v) is 21.4. The zero-order valence-electron chi connectivity index (χ0n) is 21.4. The Balaban J connectivity index is 1.78. The van der Waals surface area contributed by atoms with Gasteiger partial charge in [0, 0.05) is 17.9 Å². The number of hydrogen-bond donors (Lipinski definition) is 0. The van der Waals surface area contributed by atoms with Crippen molar-refractivity contribution < 1.29 is 23.9 Å². The summed E-state index contributed by atoms with van der Waals surface area (Å²) in [6.07, 6.45) is 11.5. The van der Waals surface area contributed by atoms with Gasteiger partial charge in [-0.25, -0.2) is 4.79 Å². The molecule has 5 nitrogen and oxygen atoms in total. The predicted octanol–water partition coefficient (Wildman–Crippen LogP) is 5.51. The van der Waals surface area contributed by atoms with Crippen LogP contribution >= 0.6 is 0 Å². The molecule has 0 bridgehead atoms. The summed E-state index contributed by atoms with van der Waals surface area (Å²) in [6, 6.07) is 0. The number of carbonyl (C=O) groups is 3. The van der Waals surface area contributed by atoms with Crippen molar-refractivity contribution in [1.82, 2.24) is 0 Å². The van der Waals surface area contributed by atoms with Crippen molar-refractivity contribution in [2.75, 3.05) is 13.7 Å². The van der Waals surface area contributed by atoms with E-state index in [1.54, 1.807) is 0 Å². The van der Waals surface area contributed by atoms with Crippen LogP contribution in [-0.4, -0.2) is 31.9 Å². The molecule has 7 atom stereocenters. The number of allylic oxidation sites excluding steroid dienone is 1. The van der Waals surface area contributed by atoms with Crippen molar-refractivity contribution >= 4 is 18.2 Å². The van der Waals surface area contributed by atoms with Gasteiger partial charge in [-0.3, -0.25) is 4.79 Å². The maximum atomic E-state index is 12.5. The van der Waals surface area contributed by atoms with Crippen LogP contribution in [0.25, 0.3) is 0 Å². The molecule has 184 valence electrons. The lowest BCUT2D eigenvalue weighted by atomic mass is 9.35. The number of methoxy groups -OCH3 is 1. The fourth-order valence-corrected chi connectivity index (χ4v) is 9.50. The van der Waals surface area contributed by atoms with E-state index >= 15 is 0 Å². The van der Waals surface area contributed by atoms with E-state index in [1.165, 1.54) is 26.9 Å². The molecule has 0 aromatic carbocycles. The van der Waals surface area contributed by atoms with Crippen LogP contribution in [0.15, 0.2) is 11.6 Å². The summed E-state index contributed by atoms with van der Waals surface area (Å²) in [5.41, 5.74) is 0.540. The van der Waals surface area contributed by atoms with Crippen LogP contribution in [0.3, 0.4) is 0 Å². The number of fused-ring (bicyclic) bond motifs is 5. The fraction of sp³-hybridized carbons (Fsp3) is 0.821. The van der Waals surface area contributed by atoms with E-state index in [0.29, 0.717) is 29.9 Å².